The first-order valence-electron chi connectivity index (χ1n) is 17.5. The first kappa shape index (κ1) is 27.8. The molecule has 13 rings (SSSR count). The largest absolute Gasteiger partial charge is 0.453 e. The van der Waals surface area contributed by atoms with E-state index in [1.165, 1.54) is 41.9 Å². The quantitative estimate of drug-likeness (QED) is 0.145. The summed E-state index contributed by atoms with van der Waals surface area (Å²) in [5.41, 5.74) is 11.6. The molecule has 7 aromatic carbocycles. The van der Waals surface area contributed by atoms with Crippen LogP contribution >= 0.6 is 23.5 Å². The Balaban J connectivity index is 1.10. The molecule has 7 aromatic rings. The van der Waals surface area contributed by atoms with E-state index in [1.807, 2.05) is 23.5 Å². The van der Waals surface area contributed by atoms with Crippen molar-refractivity contribution in [2.75, 3.05) is 19.2 Å². The van der Waals surface area contributed by atoms with Crippen molar-refractivity contribution in [2.24, 2.45) is 0 Å². The van der Waals surface area contributed by atoms with Crippen molar-refractivity contribution in [1.82, 2.24) is 0 Å². The highest BCUT2D eigenvalue weighted by Gasteiger charge is 2.53. The van der Waals surface area contributed by atoms with Gasteiger partial charge in [0.2, 0.25) is 0 Å². The molecule has 0 radical (unpaired) electrons. The van der Waals surface area contributed by atoms with E-state index in [2.05, 4.69) is 165 Å². The molecule has 0 saturated heterocycles. The summed E-state index contributed by atoms with van der Waals surface area (Å²) in [5.74, 6) is 3.52. The smallest absolute Gasteiger partial charge is 0.422 e. The molecule has 0 N–H and O–H groups in total. The maximum absolute atomic E-state index is 6.58. The van der Waals surface area contributed by atoms with E-state index in [9.17, 15) is 0 Å². The molecule has 6 aliphatic heterocycles. The number of ether oxygens (including phenoxy) is 2. The van der Waals surface area contributed by atoms with Gasteiger partial charge in [0.1, 0.15) is 11.5 Å². The fraction of sp³-hybridized carbons (Fsp3) is 0. The molecule has 0 bridgehead atoms. The highest BCUT2D eigenvalue weighted by atomic mass is 32.2. The lowest BCUT2D eigenvalue weighted by Gasteiger charge is -2.34. The Bertz CT molecular complexity index is 2560. The van der Waals surface area contributed by atoms with Crippen molar-refractivity contribution in [3.63, 3.8) is 0 Å². The van der Waals surface area contributed by atoms with Gasteiger partial charge in [-0.1, -0.05) is 84.2 Å². The van der Waals surface area contributed by atoms with E-state index in [-0.39, 0.29) is 14.0 Å². The molecule has 0 spiro atoms. The van der Waals surface area contributed by atoms with Crippen LogP contribution in [0.5, 0.6) is 23.0 Å². The number of benzene rings is 7. The van der Waals surface area contributed by atoms with Crippen LogP contribution in [0, 0.1) is 0 Å². The fourth-order valence-corrected chi connectivity index (χ4v) is 11.2. The lowest BCUT2D eigenvalue weighted by atomic mass is 9.60. The molecule has 6 heterocycles. The maximum Gasteiger partial charge on any atom is 0.422 e. The van der Waals surface area contributed by atoms with Gasteiger partial charge in [0.15, 0.2) is 11.5 Å². The number of fused-ring (bicyclic) bond motifs is 18. The number of rotatable bonds is 0. The molecule has 0 aliphatic carbocycles. The Labute approximate surface area is 309 Å². The van der Waals surface area contributed by atoms with Crippen LogP contribution in [0.2, 0.25) is 0 Å². The van der Waals surface area contributed by atoms with Crippen molar-refractivity contribution < 1.29 is 9.47 Å². The zero-order chi connectivity index (χ0) is 33.7. The van der Waals surface area contributed by atoms with E-state index >= 15 is 0 Å². The Kier molecular flexibility index (Phi) is 5.32. The summed E-state index contributed by atoms with van der Waals surface area (Å²) in [5, 5.41) is 0. The molecule has 0 unspecified atom stereocenters. The lowest BCUT2D eigenvalue weighted by molar-refractivity contribution is 0.478. The molecule has 0 atom stereocenters. The third-order valence-electron chi connectivity index (χ3n) is 11.0. The first-order chi connectivity index (χ1) is 25.8. The molecule has 0 aromatic heterocycles. The number of anilines is 8. The normalized spacial score (nSPS) is 15.6. The van der Waals surface area contributed by atoms with E-state index in [0.29, 0.717) is 0 Å². The van der Waals surface area contributed by atoms with Crippen LogP contribution in [0.15, 0.2) is 165 Å². The van der Waals surface area contributed by atoms with Gasteiger partial charge in [-0.05, 0) is 95.9 Å². The van der Waals surface area contributed by atoms with Crippen molar-refractivity contribution in [1.29, 1.82) is 0 Å². The molecule has 52 heavy (non-hydrogen) atoms. The minimum absolute atomic E-state index is 0.121. The minimum Gasteiger partial charge on any atom is -0.453 e. The number of hydrogen-bond donors (Lipinski definition) is 0. The summed E-state index contributed by atoms with van der Waals surface area (Å²) >= 11 is 3.75. The zero-order valence-corrected chi connectivity index (χ0v) is 29.1. The Hall–Kier alpha value is -5.83. The molecular formula is C42H24B2N4O2S2. The van der Waals surface area contributed by atoms with E-state index in [1.54, 1.807) is 0 Å². The SMILES string of the molecule is c1ccc2c(c1)Oc1cccc3c1N2B1c2cc4c(cc2Sc2ccccc2N13)B1N(c2ccccc2S4)c2cccc3c2N1c1ccccc1O3. The van der Waals surface area contributed by atoms with Crippen LogP contribution < -0.4 is 39.6 Å². The second-order valence-corrected chi connectivity index (χ2v) is 15.8. The fourth-order valence-electron chi connectivity index (χ4n) is 9.00. The number of nitrogens with zero attached hydrogens (tertiary/aromatic N) is 4. The van der Waals surface area contributed by atoms with Crippen molar-refractivity contribution in [3.05, 3.63) is 146 Å². The van der Waals surface area contributed by atoms with Crippen LogP contribution in [-0.4, -0.2) is 14.0 Å². The highest BCUT2D eigenvalue weighted by molar-refractivity contribution is 8.00. The van der Waals surface area contributed by atoms with Crippen LogP contribution in [0.3, 0.4) is 0 Å². The number of para-hydroxylation sites is 8. The summed E-state index contributed by atoms with van der Waals surface area (Å²) in [6.45, 7) is -0.242. The van der Waals surface area contributed by atoms with Gasteiger partial charge in [0, 0.05) is 31.0 Å². The Morgan fingerprint density at radius 1 is 0.346 bits per heavy atom. The van der Waals surface area contributed by atoms with Crippen LogP contribution in [0.25, 0.3) is 0 Å². The molecule has 0 amide bonds. The first-order valence-corrected chi connectivity index (χ1v) is 19.1. The molecule has 10 heteroatoms. The Morgan fingerprint density at radius 3 is 1.21 bits per heavy atom. The standard InChI is InChI=1S/C42H24B2N4O2S2/c1-5-17-33-27(11-1)47-41-31(15-9-19-35(41)49-33)45-29-13-3-7-21-37(29)51-39-24-26-40(23-25(39)43(45)47)52-38-22-8-4-14-30(38)46-32-16-10-20-36-42(32)48(44(26)46)28-12-2-6-18-34(28)50-36/h1-24H. The number of hydrogen-bond acceptors (Lipinski definition) is 8. The highest BCUT2D eigenvalue weighted by Crippen LogP contribution is 2.61. The second kappa shape index (κ2) is 9.94. The predicted molar refractivity (Wildman–Crippen MR) is 213 cm³/mol. The third-order valence-corrected chi connectivity index (χ3v) is 13.3. The van der Waals surface area contributed by atoms with E-state index < -0.39 is 0 Å². The lowest BCUT2D eigenvalue weighted by Crippen LogP contribution is -2.56. The molecule has 242 valence electrons. The topological polar surface area (TPSA) is 31.4 Å². The van der Waals surface area contributed by atoms with Crippen LogP contribution in [0.4, 0.5) is 45.5 Å². The predicted octanol–water partition coefficient (Wildman–Crippen LogP) is 10.2. The average molecular weight is 702 g/mol. The van der Waals surface area contributed by atoms with E-state index in [4.69, 9.17) is 9.47 Å². The molecule has 6 nitrogen and oxygen atoms in total. The van der Waals surface area contributed by atoms with Crippen molar-refractivity contribution in [3.8, 4) is 23.0 Å². The minimum atomic E-state index is -0.121. The molecular weight excluding hydrogens is 678 g/mol. The maximum atomic E-state index is 6.58. The van der Waals surface area contributed by atoms with Gasteiger partial charge >= 0.3 is 14.0 Å². The molecule has 6 aliphatic rings. The second-order valence-electron chi connectivity index (χ2n) is 13.7. The van der Waals surface area contributed by atoms with E-state index in [0.717, 1.165) is 57.1 Å². The average Bonchev–Trinajstić information content (AvgIpc) is 3.62. The summed E-state index contributed by atoms with van der Waals surface area (Å²) in [7, 11) is 0. The molecule has 0 saturated carbocycles. The van der Waals surface area contributed by atoms with Gasteiger partial charge in [-0.3, -0.25) is 0 Å². The summed E-state index contributed by atoms with van der Waals surface area (Å²) in [6.07, 6.45) is 0. The van der Waals surface area contributed by atoms with Crippen LogP contribution in [-0.2, 0) is 0 Å². The molecule has 0 fully saturated rings. The summed E-state index contributed by atoms with van der Waals surface area (Å²) < 4.78 is 13.2. The van der Waals surface area contributed by atoms with Gasteiger partial charge in [0.05, 0.1) is 34.1 Å². The van der Waals surface area contributed by atoms with Gasteiger partial charge in [-0.15, -0.1) is 0 Å². The van der Waals surface area contributed by atoms with Gasteiger partial charge in [0.25, 0.3) is 0 Å². The van der Waals surface area contributed by atoms with Crippen molar-refractivity contribution in [2.45, 2.75) is 19.6 Å². The third kappa shape index (κ3) is 3.46. The zero-order valence-electron chi connectivity index (χ0n) is 27.4. The van der Waals surface area contributed by atoms with Gasteiger partial charge in [-0.25, -0.2) is 0 Å². The van der Waals surface area contributed by atoms with Gasteiger partial charge < -0.3 is 28.7 Å². The Morgan fingerprint density at radius 2 is 0.731 bits per heavy atom. The summed E-state index contributed by atoms with van der Waals surface area (Å²) in [4.78, 5) is 15.0. The van der Waals surface area contributed by atoms with Crippen LogP contribution in [0.1, 0.15) is 0 Å². The summed E-state index contributed by atoms with van der Waals surface area (Å²) in [6, 6.07) is 52.5. The monoisotopic (exact) mass is 702 g/mol. The van der Waals surface area contributed by atoms with Gasteiger partial charge in [-0.2, -0.15) is 0 Å². The van der Waals surface area contributed by atoms with Crippen molar-refractivity contribution >= 4 is 93.9 Å².